The summed E-state index contributed by atoms with van der Waals surface area (Å²) < 4.78 is 18.6. The molecule has 1 aromatic carbocycles. The Morgan fingerprint density at radius 2 is 2.27 bits per heavy atom. The van der Waals surface area contributed by atoms with Gasteiger partial charge in [0.25, 0.3) is 0 Å². The van der Waals surface area contributed by atoms with Gasteiger partial charge in [0, 0.05) is 12.1 Å². The molecule has 0 saturated heterocycles. The van der Waals surface area contributed by atoms with E-state index in [0.717, 1.165) is 19.3 Å². The summed E-state index contributed by atoms with van der Waals surface area (Å²) in [4.78, 5) is 0. The van der Waals surface area contributed by atoms with Gasteiger partial charge < -0.3 is 10.1 Å². The van der Waals surface area contributed by atoms with Crippen molar-refractivity contribution in [3.8, 4) is 5.75 Å². The van der Waals surface area contributed by atoms with Gasteiger partial charge in [-0.25, -0.2) is 4.39 Å². The van der Waals surface area contributed by atoms with Gasteiger partial charge in [-0.1, -0.05) is 6.07 Å². The summed E-state index contributed by atoms with van der Waals surface area (Å²) >= 11 is 0. The van der Waals surface area contributed by atoms with Gasteiger partial charge in [0.05, 0.1) is 0 Å². The van der Waals surface area contributed by atoms with Crippen molar-refractivity contribution in [1.29, 1.82) is 0 Å². The molecule has 2 nitrogen and oxygen atoms in total. The average molecular weight is 209 g/mol. The third-order valence-corrected chi connectivity index (χ3v) is 2.89. The smallest absolute Gasteiger partial charge is 0.126 e. The lowest BCUT2D eigenvalue weighted by Gasteiger charge is -2.13. The molecule has 3 heteroatoms. The maximum absolute atomic E-state index is 12.9. The van der Waals surface area contributed by atoms with E-state index < -0.39 is 0 Å². The fourth-order valence-corrected chi connectivity index (χ4v) is 2.04. The highest BCUT2D eigenvalue weighted by molar-refractivity contribution is 5.22. The molecule has 2 rings (SSSR count). The molecule has 1 aliphatic rings. The lowest BCUT2D eigenvalue weighted by molar-refractivity contribution is 0.206. The first-order chi connectivity index (χ1) is 7.28. The van der Waals surface area contributed by atoms with E-state index in [0.29, 0.717) is 11.8 Å². The average Bonchev–Trinajstić information content (AvgIpc) is 2.65. The fraction of sp³-hybridized carbons (Fsp3) is 0.500. The molecule has 0 radical (unpaired) electrons. The normalized spacial score (nSPS) is 25.5. The van der Waals surface area contributed by atoms with Gasteiger partial charge in [-0.05, 0) is 38.4 Å². The highest BCUT2D eigenvalue weighted by atomic mass is 19.1. The van der Waals surface area contributed by atoms with E-state index in [4.69, 9.17) is 4.74 Å². The molecule has 15 heavy (non-hydrogen) atoms. The van der Waals surface area contributed by atoms with Crippen molar-refractivity contribution >= 4 is 0 Å². The lowest BCUT2D eigenvalue weighted by atomic mass is 10.2. The van der Waals surface area contributed by atoms with Crippen LogP contribution in [0.4, 0.5) is 4.39 Å². The summed E-state index contributed by atoms with van der Waals surface area (Å²) in [5.74, 6) is 0.396. The summed E-state index contributed by atoms with van der Waals surface area (Å²) in [6, 6.07) is 6.89. The van der Waals surface area contributed by atoms with Crippen molar-refractivity contribution < 1.29 is 9.13 Å². The predicted octanol–water partition coefficient (Wildman–Crippen LogP) is 2.35. The summed E-state index contributed by atoms with van der Waals surface area (Å²) in [6.07, 6.45) is 3.41. The largest absolute Gasteiger partial charge is 0.490 e. The molecule has 0 aliphatic heterocycles. The zero-order valence-corrected chi connectivity index (χ0v) is 8.87. The maximum atomic E-state index is 12.9. The molecule has 2 unspecified atom stereocenters. The number of hydrogen-bond acceptors (Lipinski definition) is 2. The van der Waals surface area contributed by atoms with Gasteiger partial charge in [0.1, 0.15) is 17.7 Å². The number of rotatable bonds is 3. The summed E-state index contributed by atoms with van der Waals surface area (Å²) in [5, 5.41) is 3.24. The Labute approximate surface area is 89.4 Å². The Hall–Kier alpha value is -1.09. The third kappa shape index (κ3) is 2.69. The first kappa shape index (κ1) is 10.4. The van der Waals surface area contributed by atoms with Crippen LogP contribution in [-0.4, -0.2) is 19.2 Å². The van der Waals surface area contributed by atoms with Crippen LogP contribution >= 0.6 is 0 Å². The zero-order chi connectivity index (χ0) is 10.7. The maximum Gasteiger partial charge on any atom is 0.126 e. The Kier molecular flexibility index (Phi) is 3.21. The van der Waals surface area contributed by atoms with Crippen LogP contribution in [0.2, 0.25) is 0 Å². The van der Waals surface area contributed by atoms with Crippen molar-refractivity contribution in [2.45, 2.75) is 31.4 Å². The second kappa shape index (κ2) is 4.62. The molecule has 1 aliphatic carbocycles. The molecule has 1 N–H and O–H groups in total. The number of halogens is 1. The molecular formula is C12H16FNO. The Balaban J connectivity index is 1.92. The first-order valence-electron chi connectivity index (χ1n) is 5.37. The van der Waals surface area contributed by atoms with Crippen LogP contribution in [0.15, 0.2) is 24.3 Å². The standard InChI is InChI=1S/C12H16FNO/c1-14-10-5-6-12(8-10)15-11-4-2-3-9(13)7-11/h2-4,7,10,12,14H,5-6,8H2,1H3. The van der Waals surface area contributed by atoms with Gasteiger partial charge in [0.15, 0.2) is 0 Å². The van der Waals surface area contributed by atoms with Crippen molar-refractivity contribution in [2.75, 3.05) is 7.05 Å². The first-order valence-corrected chi connectivity index (χ1v) is 5.37. The van der Waals surface area contributed by atoms with E-state index >= 15 is 0 Å². The van der Waals surface area contributed by atoms with Gasteiger partial charge in [0.2, 0.25) is 0 Å². The minimum atomic E-state index is -0.240. The third-order valence-electron chi connectivity index (χ3n) is 2.89. The van der Waals surface area contributed by atoms with Crippen LogP contribution in [0.5, 0.6) is 5.75 Å². The Morgan fingerprint density at radius 1 is 1.40 bits per heavy atom. The summed E-state index contributed by atoms with van der Waals surface area (Å²) in [5.41, 5.74) is 0. The van der Waals surface area contributed by atoms with E-state index in [-0.39, 0.29) is 11.9 Å². The Morgan fingerprint density at radius 3 is 2.93 bits per heavy atom. The Bertz CT molecular complexity index is 329. The topological polar surface area (TPSA) is 21.3 Å². The molecule has 0 heterocycles. The minimum absolute atomic E-state index is 0.226. The number of benzene rings is 1. The molecule has 82 valence electrons. The summed E-state index contributed by atoms with van der Waals surface area (Å²) in [6.45, 7) is 0. The second-order valence-electron chi connectivity index (χ2n) is 4.00. The van der Waals surface area contributed by atoms with Crippen LogP contribution in [0, 0.1) is 5.82 Å². The monoisotopic (exact) mass is 209 g/mol. The van der Waals surface area contributed by atoms with Gasteiger partial charge in [-0.15, -0.1) is 0 Å². The van der Waals surface area contributed by atoms with E-state index in [1.54, 1.807) is 12.1 Å². The molecule has 1 aromatic rings. The van der Waals surface area contributed by atoms with Crippen molar-refractivity contribution in [3.63, 3.8) is 0 Å². The van der Waals surface area contributed by atoms with E-state index in [2.05, 4.69) is 5.32 Å². The molecular weight excluding hydrogens is 193 g/mol. The molecule has 0 amide bonds. The molecule has 0 aromatic heterocycles. The zero-order valence-electron chi connectivity index (χ0n) is 8.87. The van der Waals surface area contributed by atoms with E-state index in [1.165, 1.54) is 12.1 Å². The summed E-state index contributed by atoms with van der Waals surface area (Å²) in [7, 11) is 1.97. The van der Waals surface area contributed by atoms with Gasteiger partial charge in [-0.2, -0.15) is 0 Å². The predicted molar refractivity (Wildman–Crippen MR) is 57.5 cm³/mol. The van der Waals surface area contributed by atoms with Gasteiger partial charge >= 0.3 is 0 Å². The number of ether oxygens (including phenoxy) is 1. The molecule has 0 bridgehead atoms. The van der Waals surface area contributed by atoms with Crippen LogP contribution in [0.1, 0.15) is 19.3 Å². The highest BCUT2D eigenvalue weighted by Gasteiger charge is 2.24. The van der Waals surface area contributed by atoms with Crippen molar-refractivity contribution in [3.05, 3.63) is 30.1 Å². The SMILES string of the molecule is CNC1CCC(Oc2cccc(F)c2)C1. The number of hydrogen-bond donors (Lipinski definition) is 1. The van der Waals surface area contributed by atoms with E-state index in [9.17, 15) is 4.39 Å². The van der Waals surface area contributed by atoms with Crippen molar-refractivity contribution in [1.82, 2.24) is 5.32 Å². The fourth-order valence-electron chi connectivity index (χ4n) is 2.04. The lowest BCUT2D eigenvalue weighted by Crippen LogP contribution is -2.23. The molecule has 2 atom stereocenters. The van der Waals surface area contributed by atoms with Crippen LogP contribution in [-0.2, 0) is 0 Å². The van der Waals surface area contributed by atoms with Crippen LogP contribution in [0.25, 0.3) is 0 Å². The number of nitrogens with one attached hydrogen (secondary N) is 1. The van der Waals surface area contributed by atoms with E-state index in [1.807, 2.05) is 7.05 Å². The highest BCUT2D eigenvalue weighted by Crippen LogP contribution is 2.24. The quantitative estimate of drug-likeness (QED) is 0.825. The van der Waals surface area contributed by atoms with Crippen LogP contribution < -0.4 is 10.1 Å². The van der Waals surface area contributed by atoms with Crippen molar-refractivity contribution in [2.24, 2.45) is 0 Å². The van der Waals surface area contributed by atoms with Crippen LogP contribution in [0.3, 0.4) is 0 Å². The minimum Gasteiger partial charge on any atom is -0.490 e. The molecule has 0 spiro atoms. The molecule has 1 saturated carbocycles. The second-order valence-corrected chi connectivity index (χ2v) is 4.00. The molecule has 1 fully saturated rings. The van der Waals surface area contributed by atoms with Gasteiger partial charge in [-0.3, -0.25) is 0 Å².